The van der Waals surface area contributed by atoms with E-state index in [0.717, 1.165) is 13.1 Å². The molecule has 5 heteroatoms. The van der Waals surface area contributed by atoms with E-state index >= 15 is 0 Å². The first-order chi connectivity index (χ1) is 9.93. The summed E-state index contributed by atoms with van der Waals surface area (Å²) < 4.78 is 5.89. The number of carbonyl (C=O) groups is 1. The lowest BCUT2D eigenvalue weighted by molar-refractivity contribution is 0.00664. The zero-order valence-corrected chi connectivity index (χ0v) is 16.2. The average molecular weight is 331 g/mol. The van der Waals surface area contributed by atoms with Crippen LogP contribution in [0.15, 0.2) is 0 Å². The largest absolute Gasteiger partial charge is 0.444 e. The fourth-order valence-corrected chi connectivity index (χ4v) is 3.81. The molecule has 0 aromatic rings. The predicted molar refractivity (Wildman–Crippen MR) is 95.7 cm³/mol. The van der Waals surface area contributed by atoms with Crippen LogP contribution in [0.5, 0.6) is 0 Å². The van der Waals surface area contributed by atoms with Crippen molar-refractivity contribution in [3.8, 4) is 0 Å². The second-order valence-electron chi connectivity index (χ2n) is 8.38. The zero-order chi connectivity index (χ0) is 17.0. The van der Waals surface area contributed by atoms with Gasteiger partial charge in [-0.3, -0.25) is 0 Å². The molecule has 130 valence electrons. The number of nitrogens with zero attached hydrogens (tertiary/aromatic N) is 1. The smallest absolute Gasteiger partial charge is 0.410 e. The molecule has 0 saturated carbocycles. The fourth-order valence-electron chi connectivity index (χ4n) is 2.54. The van der Waals surface area contributed by atoms with Gasteiger partial charge in [0.2, 0.25) is 0 Å². The zero-order valence-electron chi connectivity index (χ0n) is 15.4. The third-order valence-electron chi connectivity index (χ3n) is 3.74. The molecule has 1 aliphatic rings. The van der Waals surface area contributed by atoms with Crippen LogP contribution in [0.1, 0.15) is 61.3 Å². The van der Waals surface area contributed by atoms with Crippen LogP contribution in [0, 0.1) is 0 Å². The summed E-state index contributed by atoms with van der Waals surface area (Å²) in [6.45, 7) is 16.6. The minimum Gasteiger partial charge on any atom is -0.444 e. The predicted octanol–water partition coefficient (Wildman–Crippen LogP) is 3.90. The van der Waals surface area contributed by atoms with E-state index in [2.05, 4.69) is 24.0 Å². The Morgan fingerprint density at radius 3 is 2.36 bits per heavy atom. The fraction of sp³-hybridized carbons (Fsp3) is 0.941. The van der Waals surface area contributed by atoms with Crippen LogP contribution < -0.4 is 5.32 Å². The Morgan fingerprint density at radius 1 is 1.27 bits per heavy atom. The first-order valence-corrected chi connectivity index (χ1v) is 9.27. The van der Waals surface area contributed by atoms with E-state index < -0.39 is 5.60 Å². The second kappa shape index (κ2) is 7.43. The lowest BCUT2D eigenvalue weighted by atomic mass is 10.1. The molecule has 1 amide bonds. The van der Waals surface area contributed by atoms with Gasteiger partial charge in [-0.1, -0.05) is 0 Å². The van der Waals surface area contributed by atoms with Crippen molar-refractivity contribution in [3.63, 3.8) is 0 Å². The van der Waals surface area contributed by atoms with Gasteiger partial charge < -0.3 is 15.0 Å². The van der Waals surface area contributed by atoms with Crippen LogP contribution in [0.3, 0.4) is 0 Å². The highest BCUT2D eigenvalue weighted by Crippen LogP contribution is 2.36. The molecule has 1 N–H and O–H groups in total. The lowest BCUT2D eigenvalue weighted by Crippen LogP contribution is -2.50. The monoisotopic (exact) mass is 330 g/mol. The molecule has 0 bridgehead atoms. The van der Waals surface area contributed by atoms with Crippen molar-refractivity contribution < 1.29 is 9.53 Å². The van der Waals surface area contributed by atoms with Crippen LogP contribution in [-0.4, -0.2) is 52.3 Å². The minimum atomic E-state index is -0.456. The Hall–Kier alpha value is -0.420. The van der Waals surface area contributed by atoms with Gasteiger partial charge in [0.05, 0.1) is 0 Å². The molecule has 1 rings (SSSR count). The van der Waals surface area contributed by atoms with Gasteiger partial charge in [-0.15, -0.1) is 0 Å². The number of nitrogens with one attached hydrogen (secondary N) is 1. The summed E-state index contributed by atoms with van der Waals surface area (Å²) >= 11 is 2.06. The highest BCUT2D eigenvalue weighted by molar-refractivity contribution is 8.00. The van der Waals surface area contributed by atoms with E-state index in [1.165, 1.54) is 18.6 Å². The lowest BCUT2D eigenvalue weighted by Gasteiger charge is -2.37. The Morgan fingerprint density at radius 2 is 1.91 bits per heavy atom. The summed E-state index contributed by atoms with van der Waals surface area (Å²) in [5.74, 6) is 1.27. The number of hydrogen-bond donors (Lipinski definition) is 1. The van der Waals surface area contributed by atoms with Gasteiger partial charge in [-0.05, 0) is 67.1 Å². The molecule has 0 spiro atoms. The first kappa shape index (κ1) is 19.6. The topological polar surface area (TPSA) is 41.6 Å². The summed E-state index contributed by atoms with van der Waals surface area (Å²) in [7, 11) is 0. The van der Waals surface area contributed by atoms with Crippen LogP contribution in [-0.2, 0) is 4.74 Å². The molecule has 1 aliphatic heterocycles. The van der Waals surface area contributed by atoms with Gasteiger partial charge >= 0.3 is 6.09 Å². The van der Waals surface area contributed by atoms with Crippen molar-refractivity contribution in [2.45, 2.75) is 77.2 Å². The van der Waals surface area contributed by atoms with E-state index in [4.69, 9.17) is 4.74 Å². The average Bonchev–Trinajstić information content (AvgIpc) is 2.71. The molecule has 1 heterocycles. The summed E-state index contributed by atoms with van der Waals surface area (Å²) in [6.07, 6.45) is 2.36. The van der Waals surface area contributed by atoms with E-state index in [1.54, 1.807) is 0 Å². The molecular formula is C17H34N2O2S. The number of rotatable bonds is 5. The first-order valence-electron chi connectivity index (χ1n) is 8.28. The van der Waals surface area contributed by atoms with Crippen molar-refractivity contribution >= 4 is 17.9 Å². The number of thioether (sulfide) groups is 1. The molecule has 1 fully saturated rings. The maximum absolute atomic E-state index is 12.4. The molecule has 1 unspecified atom stereocenters. The second-order valence-corrected chi connectivity index (χ2v) is 10.1. The maximum Gasteiger partial charge on any atom is 0.410 e. The Labute approximate surface area is 140 Å². The number of hydrogen-bond acceptors (Lipinski definition) is 4. The van der Waals surface area contributed by atoms with Gasteiger partial charge in [0.15, 0.2) is 0 Å². The van der Waals surface area contributed by atoms with Crippen LogP contribution in [0.4, 0.5) is 4.79 Å². The standard InChI is InChI=1S/C17H34N2O2S/c1-15(2,3)19(14(20)21-16(4,5)6)11-10-18-13-17(7)9-8-12-22-17/h18H,8-13H2,1-7H3. The molecule has 0 aromatic carbocycles. The van der Waals surface area contributed by atoms with Gasteiger partial charge in [0.25, 0.3) is 0 Å². The molecular weight excluding hydrogens is 296 g/mol. The number of amides is 1. The van der Waals surface area contributed by atoms with Gasteiger partial charge in [0, 0.05) is 29.9 Å². The van der Waals surface area contributed by atoms with Crippen LogP contribution in [0.2, 0.25) is 0 Å². The number of carbonyl (C=O) groups excluding carboxylic acids is 1. The maximum atomic E-state index is 12.4. The molecule has 1 atom stereocenters. The summed E-state index contributed by atoms with van der Waals surface area (Å²) in [6, 6.07) is 0. The SMILES string of the molecule is CC(C)(C)OC(=O)N(CCNCC1(C)CCCS1)C(C)(C)C. The summed E-state index contributed by atoms with van der Waals surface area (Å²) in [5.41, 5.74) is -0.696. The van der Waals surface area contributed by atoms with Crippen molar-refractivity contribution in [2.24, 2.45) is 0 Å². The van der Waals surface area contributed by atoms with Crippen molar-refractivity contribution in [1.29, 1.82) is 0 Å². The van der Waals surface area contributed by atoms with E-state index in [-0.39, 0.29) is 11.6 Å². The van der Waals surface area contributed by atoms with Crippen molar-refractivity contribution in [1.82, 2.24) is 10.2 Å². The van der Waals surface area contributed by atoms with Gasteiger partial charge in [0.1, 0.15) is 5.60 Å². The van der Waals surface area contributed by atoms with E-state index in [0.29, 0.717) is 11.3 Å². The van der Waals surface area contributed by atoms with Gasteiger partial charge in [-0.2, -0.15) is 11.8 Å². The Bertz CT molecular complexity index is 366. The molecule has 0 aromatic heterocycles. The molecule has 4 nitrogen and oxygen atoms in total. The third-order valence-corrected chi connectivity index (χ3v) is 5.27. The minimum absolute atomic E-state index is 0.233. The molecule has 1 saturated heterocycles. The quantitative estimate of drug-likeness (QED) is 0.776. The van der Waals surface area contributed by atoms with E-state index in [9.17, 15) is 4.79 Å². The number of ether oxygens (including phenoxy) is 1. The Balaban J connectivity index is 2.47. The summed E-state index contributed by atoms with van der Waals surface area (Å²) in [4.78, 5) is 14.2. The van der Waals surface area contributed by atoms with Crippen LogP contribution >= 0.6 is 11.8 Å². The normalized spacial score (nSPS) is 22.7. The molecule has 0 aliphatic carbocycles. The van der Waals surface area contributed by atoms with E-state index in [1.807, 2.05) is 46.4 Å². The molecule has 22 heavy (non-hydrogen) atoms. The summed E-state index contributed by atoms with van der Waals surface area (Å²) in [5, 5.41) is 3.52. The highest BCUT2D eigenvalue weighted by Gasteiger charge is 2.31. The van der Waals surface area contributed by atoms with Crippen molar-refractivity contribution in [3.05, 3.63) is 0 Å². The van der Waals surface area contributed by atoms with Crippen molar-refractivity contribution in [2.75, 3.05) is 25.4 Å². The Kier molecular flexibility index (Phi) is 6.63. The highest BCUT2D eigenvalue weighted by atomic mass is 32.2. The van der Waals surface area contributed by atoms with Crippen LogP contribution in [0.25, 0.3) is 0 Å². The third kappa shape index (κ3) is 6.78. The molecule has 0 radical (unpaired) electrons. The van der Waals surface area contributed by atoms with Gasteiger partial charge in [-0.25, -0.2) is 4.79 Å².